The lowest BCUT2D eigenvalue weighted by Gasteiger charge is -2.26. The maximum Gasteiger partial charge on any atom is 0.416 e. The van der Waals surface area contributed by atoms with Crippen molar-refractivity contribution in [3.05, 3.63) is 65.4 Å². The molecule has 0 atom stereocenters. The standard InChI is InChI=1S/C29H32F3N7O/c1-3-18-13-19(14-20-16-34-28(37-27(18)20)35-23-9-7-22(33)8-10-23)24-15-25(38-39(24)2)36-26(40)12-17-5-4-6-21(11-17)29(30,31)32/h4-6,11,13-16,22-23H,3,7-10,12,33H2,1-2H3,(H,34,35,37)(H,36,38,40)/t22-,23-. The molecule has 0 radical (unpaired) electrons. The van der Waals surface area contributed by atoms with Gasteiger partial charge in [0.15, 0.2) is 5.82 Å². The van der Waals surface area contributed by atoms with Gasteiger partial charge in [0.25, 0.3) is 0 Å². The van der Waals surface area contributed by atoms with Crippen LogP contribution in [0.1, 0.15) is 49.3 Å². The third kappa shape index (κ3) is 6.25. The highest BCUT2D eigenvalue weighted by Crippen LogP contribution is 2.31. The Balaban J connectivity index is 1.33. The average molecular weight is 552 g/mol. The fourth-order valence-corrected chi connectivity index (χ4v) is 5.18. The molecule has 0 saturated heterocycles. The number of nitrogens with zero attached hydrogens (tertiary/aromatic N) is 4. The van der Waals surface area contributed by atoms with Gasteiger partial charge in [-0.2, -0.15) is 18.3 Å². The monoisotopic (exact) mass is 551 g/mol. The number of benzene rings is 2. The Labute approximate surface area is 230 Å². The molecule has 8 nitrogen and oxygen atoms in total. The molecule has 2 heterocycles. The van der Waals surface area contributed by atoms with E-state index in [2.05, 4.69) is 33.7 Å². The summed E-state index contributed by atoms with van der Waals surface area (Å²) in [4.78, 5) is 22.0. The van der Waals surface area contributed by atoms with Gasteiger partial charge in [-0.15, -0.1) is 0 Å². The van der Waals surface area contributed by atoms with Gasteiger partial charge < -0.3 is 16.4 Å². The molecule has 2 aromatic carbocycles. The quantitative estimate of drug-likeness (QED) is 0.281. The Bertz CT molecular complexity index is 1520. The maximum absolute atomic E-state index is 13.0. The van der Waals surface area contributed by atoms with Gasteiger partial charge in [-0.25, -0.2) is 9.97 Å². The van der Waals surface area contributed by atoms with Gasteiger partial charge in [-0.1, -0.05) is 25.1 Å². The predicted octanol–water partition coefficient (Wildman–Crippen LogP) is 5.47. The number of hydrogen-bond donors (Lipinski definition) is 3. The van der Waals surface area contributed by atoms with E-state index in [9.17, 15) is 18.0 Å². The van der Waals surface area contributed by atoms with E-state index in [1.54, 1.807) is 17.8 Å². The van der Waals surface area contributed by atoms with Crippen molar-refractivity contribution in [1.82, 2.24) is 19.7 Å². The first-order chi connectivity index (χ1) is 19.1. The normalized spacial score (nSPS) is 17.6. The number of aryl methyl sites for hydroxylation is 2. The minimum atomic E-state index is -4.47. The molecule has 1 amide bonds. The second kappa shape index (κ2) is 11.2. The van der Waals surface area contributed by atoms with E-state index in [-0.39, 0.29) is 18.0 Å². The number of carbonyl (C=O) groups excluding carboxylic acids is 1. The third-order valence-corrected chi connectivity index (χ3v) is 7.31. The lowest BCUT2D eigenvalue weighted by Crippen LogP contribution is -2.33. The van der Waals surface area contributed by atoms with Crippen LogP contribution in [0.5, 0.6) is 0 Å². The molecule has 1 aliphatic rings. The van der Waals surface area contributed by atoms with E-state index in [0.717, 1.165) is 72.0 Å². The molecular weight excluding hydrogens is 519 g/mol. The second-order valence-corrected chi connectivity index (χ2v) is 10.3. The molecule has 2 aromatic heterocycles. The number of amides is 1. The molecule has 0 aliphatic heterocycles. The number of halogens is 3. The van der Waals surface area contributed by atoms with Gasteiger partial charge in [0.2, 0.25) is 11.9 Å². The summed E-state index contributed by atoms with van der Waals surface area (Å²) in [6.45, 7) is 2.07. The van der Waals surface area contributed by atoms with E-state index in [4.69, 9.17) is 10.7 Å². The molecule has 5 rings (SSSR count). The van der Waals surface area contributed by atoms with E-state index in [0.29, 0.717) is 17.8 Å². The Morgan fingerprint density at radius 2 is 1.90 bits per heavy atom. The highest BCUT2D eigenvalue weighted by Gasteiger charge is 2.30. The Morgan fingerprint density at radius 1 is 1.12 bits per heavy atom. The largest absolute Gasteiger partial charge is 0.416 e. The number of hydrogen-bond acceptors (Lipinski definition) is 6. The molecular formula is C29H32F3N7O. The fraction of sp³-hybridized carbons (Fsp3) is 0.379. The van der Waals surface area contributed by atoms with Crippen LogP contribution in [0, 0.1) is 0 Å². The first-order valence-corrected chi connectivity index (χ1v) is 13.4. The number of alkyl halides is 3. The zero-order chi connectivity index (χ0) is 28.4. The lowest BCUT2D eigenvalue weighted by molar-refractivity contribution is -0.137. The van der Waals surface area contributed by atoms with Gasteiger partial charge in [-0.05, 0) is 61.4 Å². The van der Waals surface area contributed by atoms with Crippen LogP contribution in [0.4, 0.5) is 24.9 Å². The van der Waals surface area contributed by atoms with Crippen molar-refractivity contribution >= 4 is 28.6 Å². The number of fused-ring (bicyclic) bond motifs is 1. The van der Waals surface area contributed by atoms with E-state index in [1.165, 1.54) is 12.1 Å². The minimum absolute atomic E-state index is 0.201. The molecule has 4 N–H and O–H groups in total. The second-order valence-electron chi connectivity index (χ2n) is 10.3. The number of nitrogens with one attached hydrogen (secondary N) is 2. The maximum atomic E-state index is 13.0. The van der Waals surface area contributed by atoms with Gasteiger partial charge in [-0.3, -0.25) is 9.48 Å². The van der Waals surface area contributed by atoms with Crippen molar-refractivity contribution in [1.29, 1.82) is 0 Å². The van der Waals surface area contributed by atoms with Crippen LogP contribution in [0.2, 0.25) is 0 Å². The summed E-state index contributed by atoms with van der Waals surface area (Å²) in [5.74, 6) is 0.474. The zero-order valence-corrected chi connectivity index (χ0v) is 22.4. The molecule has 0 spiro atoms. The Morgan fingerprint density at radius 3 is 2.62 bits per heavy atom. The van der Waals surface area contributed by atoms with Crippen molar-refractivity contribution in [2.24, 2.45) is 12.8 Å². The van der Waals surface area contributed by atoms with Crippen LogP contribution in [-0.4, -0.2) is 37.7 Å². The number of aromatic nitrogens is 4. The zero-order valence-electron chi connectivity index (χ0n) is 22.4. The molecule has 40 heavy (non-hydrogen) atoms. The first-order valence-electron chi connectivity index (χ1n) is 13.4. The summed E-state index contributed by atoms with van der Waals surface area (Å²) in [6, 6.07) is 11.1. The van der Waals surface area contributed by atoms with Crippen molar-refractivity contribution in [3.63, 3.8) is 0 Å². The van der Waals surface area contributed by atoms with Crippen LogP contribution < -0.4 is 16.4 Å². The number of carbonyl (C=O) groups is 1. The molecule has 1 fully saturated rings. The van der Waals surface area contributed by atoms with E-state index < -0.39 is 17.6 Å². The van der Waals surface area contributed by atoms with Crippen LogP contribution in [0.3, 0.4) is 0 Å². The number of nitrogens with two attached hydrogens (primary N) is 1. The summed E-state index contributed by atoms with van der Waals surface area (Å²) in [5, 5.41) is 11.5. The lowest BCUT2D eigenvalue weighted by atomic mass is 9.92. The smallest absolute Gasteiger partial charge is 0.351 e. The molecule has 1 saturated carbocycles. The molecule has 4 aromatic rings. The van der Waals surface area contributed by atoms with Gasteiger partial charge >= 0.3 is 6.18 Å². The number of rotatable bonds is 7. The third-order valence-electron chi connectivity index (χ3n) is 7.31. The number of anilines is 2. The van der Waals surface area contributed by atoms with Gasteiger partial charge in [0.05, 0.1) is 23.2 Å². The topological polar surface area (TPSA) is 111 Å². The molecule has 0 bridgehead atoms. The predicted molar refractivity (Wildman–Crippen MR) is 149 cm³/mol. The Kier molecular flexibility index (Phi) is 7.75. The molecule has 1 aliphatic carbocycles. The summed E-state index contributed by atoms with van der Waals surface area (Å²) >= 11 is 0. The molecule has 11 heteroatoms. The highest BCUT2D eigenvalue weighted by atomic mass is 19.4. The highest BCUT2D eigenvalue weighted by molar-refractivity contribution is 5.92. The van der Waals surface area contributed by atoms with Crippen LogP contribution in [-0.2, 0) is 30.9 Å². The van der Waals surface area contributed by atoms with Crippen molar-refractivity contribution in [3.8, 4) is 11.3 Å². The van der Waals surface area contributed by atoms with Crippen molar-refractivity contribution in [2.45, 2.75) is 63.7 Å². The minimum Gasteiger partial charge on any atom is -0.351 e. The summed E-state index contributed by atoms with van der Waals surface area (Å²) < 4.78 is 40.7. The Hall–Kier alpha value is -3.99. The van der Waals surface area contributed by atoms with E-state index >= 15 is 0 Å². The van der Waals surface area contributed by atoms with Gasteiger partial charge in [0.1, 0.15) is 0 Å². The summed E-state index contributed by atoms with van der Waals surface area (Å²) in [6.07, 6.45) is 1.90. The SMILES string of the molecule is CCc1cc(-c2cc(NC(=O)Cc3cccc(C(F)(F)F)c3)nn2C)cc2cnc(N[C@H]3CC[C@H](N)CC3)nc12. The van der Waals surface area contributed by atoms with Crippen LogP contribution in [0.15, 0.2) is 48.7 Å². The van der Waals surface area contributed by atoms with Crippen molar-refractivity contribution in [2.75, 3.05) is 10.6 Å². The molecule has 210 valence electrons. The van der Waals surface area contributed by atoms with Crippen LogP contribution >= 0.6 is 0 Å². The average Bonchev–Trinajstić information content (AvgIpc) is 3.28. The fourth-order valence-electron chi connectivity index (χ4n) is 5.18. The van der Waals surface area contributed by atoms with Crippen molar-refractivity contribution < 1.29 is 18.0 Å². The van der Waals surface area contributed by atoms with Gasteiger partial charge in [0, 0.05) is 42.3 Å². The first kappa shape index (κ1) is 27.6. The summed E-state index contributed by atoms with van der Waals surface area (Å²) in [5.41, 5.74) is 9.11. The van der Waals surface area contributed by atoms with E-state index in [1.807, 2.05) is 12.3 Å². The summed E-state index contributed by atoms with van der Waals surface area (Å²) in [7, 11) is 1.77. The molecule has 0 unspecified atom stereocenters. The van der Waals surface area contributed by atoms with Crippen LogP contribution in [0.25, 0.3) is 22.2 Å².